The third-order valence-corrected chi connectivity index (χ3v) is 4.86. The van der Waals surface area contributed by atoms with Gasteiger partial charge in [0.05, 0.1) is 25.0 Å². The zero-order valence-electron chi connectivity index (χ0n) is 15.0. The highest BCUT2D eigenvalue weighted by Crippen LogP contribution is 2.20. The third-order valence-electron chi connectivity index (χ3n) is 4.86. The first-order valence-corrected chi connectivity index (χ1v) is 9.17. The maximum Gasteiger partial charge on any atom is 0.261 e. The number of nitrogens with zero attached hydrogens (tertiary/aromatic N) is 2. The van der Waals surface area contributed by atoms with Crippen LogP contribution in [0.4, 0.5) is 0 Å². The summed E-state index contributed by atoms with van der Waals surface area (Å²) in [5, 5.41) is 0. The molecule has 0 atom stereocenters. The van der Waals surface area contributed by atoms with Crippen molar-refractivity contribution in [3.63, 3.8) is 0 Å². The summed E-state index contributed by atoms with van der Waals surface area (Å²) in [5.74, 6) is 0.348. The van der Waals surface area contributed by atoms with Crippen molar-refractivity contribution in [1.29, 1.82) is 0 Å². The number of fused-ring (bicyclic) bond motifs is 1. The fraction of sp³-hybridized carbons (Fsp3) is 0.286. The molecule has 0 radical (unpaired) electrons. The zero-order chi connectivity index (χ0) is 18.6. The number of carbonyl (C=O) groups excluding carboxylic acids is 1. The molecular formula is C21H21N3O3. The van der Waals surface area contributed by atoms with Crippen LogP contribution in [0, 0.1) is 0 Å². The molecule has 6 heteroatoms. The van der Waals surface area contributed by atoms with Crippen LogP contribution in [0.1, 0.15) is 45.9 Å². The minimum absolute atomic E-state index is 0.179. The van der Waals surface area contributed by atoms with E-state index in [1.807, 2.05) is 24.3 Å². The van der Waals surface area contributed by atoms with E-state index in [9.17, 15) is 9.59 Å². The molecular weight excluding hydrogens is 342 g/mol. The number of aryl methyl sites for hydroxylation is 2. The summed E-state index contributed by atoms with van der Waals surface area (Å²) < 4.78 is 5.41. The van der Waals surface area contributed by atoms with Gasteiger partial charge in [0, 0.05) is 11.9 Å². The van der Waals surface area contributed by atoms with Crippen molar-refractivity contribution < 1.29 is 9.21 Å². The number of pyridine rings is 2. The molecule has 0 bridgehead atoms. The number of aromatic nitrogens is 2. The van der Waals surface area contributed by atoms with E-state index in [0.717, 1.165) is 42.6 Å². The molecule has 6 nitrogen and oxygen atoms in total. The van der Waals surface area contributed by atoms with Crippen LogP contribution in [-0.4, -0.2) is 20.8 Å². The van der Waals surface area contributed by atoms with Crippen LogP contribution >= 0.6 is 0 Å². The van der Waals surface area contributed by atoms with E-state index in [-0.39, 0.29) is 23.6 Å². The average Bonchev–Trinajstić information content (AvgIpc) is 3.20. The zero-order valence-corrected chi connectivity index (χ0v) is 15.0. The first-order valence-electron chi connectivity index (χ1n) is 9.17. The summed E-state index contributed by atoms with van der Waals surface area (Å²) in [6, 6.07) is 10.9. The Morgan fingerprint density at radius 2 is 2.04 bits per heavy atom. The fourth-order valence-electron chi connectivity index (χ4n) is 3.48. The van der Waals surface area contributed by atoms with Crippen molar-refractivity contribution in [2.75, 3.05) is 0 Å². The number of amides is 1. The molecule has 0 unspecified atom stereocenters. The molecule has 3 aromatic rings. The molecule has 0 saturated carbocycles. The second-order valence-corrected chi connectivity index (χ2v) is 6.78. The van der Waals surface area contributed by atoms with Crippen molar-refractivity contribution in [3.05, 3.63) is 87.5 Å². The highest BCUT2D eigenvalue weighted by molar-refractivity contribution is 5.94. The minimum Gasteiger partial charge on any atom is -0.467 e. The maximum absolute atomic E-state index is 13.2. The standard InChI is InChI=1S/C21H21N3O3/c25-20-18(12-15-6-1-2-9-19(15)23-20)21(26)24(14-17-8-5-11-27-17)13-16-7-3-4-10-22-16/h3-5,7-8,10-12H,1-2,6,9,13-14H2,(H,23,25). The summed E-state index contributed by atoms with van der Waals surface area (Å²) in [4.78, 5) is 34.6. The Bertz CT molecular complexity index is 978. The molecule has 3 heterocycles. The highest BCUT2D eigenvalue weighted by atomic mass is 16.3. The molecule has 0 saturated heterocycles. The molecule has 1 amide bonds. The van der Waals surface area contributed by atoms with Crippen LogP contribution in [0.25, 0.3) is 0 Å². The molecule has 4 rings (SSSR count). The van der Waals surface area contributed by atoms with Gasteiger partial charge in [-0.2, -0.15) is 0 Å². The lowest BCUT2D eigenvalue weighted by Crippen LogP contribution is -2.35. The van der Waals surface area contributed by atoms with Gasteiger partial charge in [-0.25, -0.2) is 0 Å². The van der Waals surface area contributed by atoms with Crippen LogP contribution in [0.2, 0.25) is 0 Å². The van der Waals surface area contributed by atoms with E-state index in [0.29, 0.717) is 12.3 Å². The Morgan fingerprint density at radius 1 is 1.15 bits per heavy atom. The van der Waals surface area contributed by atoms with Crippen LogP contribution in [-0.2, 0) is 25.9 Å². The Labute approximate surface area is 156 Å². The monoisotopic (exact) mass is 363 g/mol. The van der Waals surface area contributed by atoms with Crippen LogP contribution in [0.3, 0.4) is 0 Å². The van der Waals surface area contributed by atoms with E-state index < -0.39 is 0 Å². The van der Waals surface area contributed by atoms with Crippen LogP contribution in [0.15, 0.2) is 58.1 Å². The largest absolute Gasteiger partial charge is 0.467 e. The first kappa shape index (κ1) is 17.3. The van der Waals surface area contributed by atoms with Crippen molar-refractivity contribution in [1.82, 2.24) is 14.9 Å². The molecule has 0 fully saturated rings. The SMILES string of the molecule is O=C(c1cc2c([nH]c1=O)CCCC2)N(Cc1ccccn1)Cc1ccco1. The summed E-state index contributed by atoms with van der Waals surface area (Å²) in [6.45, 7) is 0.579. The Morgan fingerprint density at radius 3 is 2.81 bits per heavy atom. The lowest BCUT2D eigenvalue weighted by Gasteiger charge is -2.22. The van der Waals surface area contributed by atoms with E-state index in [1.165, 1.54) is 0 Å². The van der Waals surface area contributed by atoms with Gasteiger partial charge in [-0.15, -0.1) is 0 Å². The van der Waals surface area contributed by atoms with Crippen LogP contribution in [0.5, 0.6) is 0 Å². The van der Waals surface area contributed by atoms with Gasteiger partial charge in [-0.3, -0.25) is 14.6 Å². The number of hydrogen-bond donors (Lipinski definition) is 1. The smallest absolute Gasteiger partial charge is 0.261 e. The molecule has 27 heavy (non-hydrogen) atoms. The average molecular weight is 363 g/mol. The summed E-state index contributed by atoms with van der Waals surface area (Å²) in [5.41, 5.74) is 2.64. The predicted octanol–water partition coefficient (Wildman–Crippen LogP) is 3.08. The second kappa shape index (κ2) is 7.61. The highest BCUT2D eigenvalue weighted by Gasteiger charge is 2.23. The maximum atomic E-state index is 13.2. The van der Waals surface area contributed by atoms with Gasteiger partial charge in [0.1, 0.15) is 11.3 Å². The molecule has 0 aliphatic heterocycles. The predicted molar refractivity (Wildman–Crippen MR) is 100 cm³/mol. The number of aromatic amines is 1. The number of carbonyl (C=O) groups is 1. The molecule has 0 spiro atoms. The normalized spacial score (nSPS) is 13.2. The molecule has 3 aromatic heterocycles. The fourth-order valence-corrected chi connectivity index (χ4v) is 3.48. The minimum atomic E-state index is -0.328. The van der Waals surface area contributed by atoms with E-state index in [4.69, 9.17) is 4.42 Å². The number of hydrogen-bond acceptors (Lipinski definition) is 4. The molecule has 0 aromatic carbocycles. The Balaban J connectivity index is 1.66. The number of H-pyrrole nitrogens is 1. The molecule has 1 N–H and O–H groups in total. The van der Waals surface area contributed by atoms with Crippen molar-refractivity contribution in [3.8, 4) is 0 Å². The second-order valence-electron chi connectivity index (χ2n) is 6.78. The van der Waals surface area contributed by atoms with Crippen molar-refractivity contribution >= 4 is 5.91 Å². The number of rotatable bonds is 5. The van der Waals surface area contributed by atoms with E-state index >= 15 is 0 Å². The first-order chi connectivity index (χ1) is 13.2. The van der Waals surface area contributed by atoms with Gasteiger partial charge >= 0.3 is 0 Å². The number of furan rings is 1. The molecule has 138 valence electrons. The van der Waals surface area contributed by atoms with E-state index in [1.54, 1.807) is 29.5 Å². The molecule has 1 aliphatic rings. The van der Waals surface area contributed by atoms with Gasteiger partial charge in [0.25, 0.3) is 11.5 Å². The van der Waals surface area contributed by atoms with Gasteiger partial charge in [0.15, 0.2) is 0 Å². The third kappa shape index (κ3) is 3.84. The van der Waals surface area contributed by atoms with Gasteiger partial charge in [-0.05, 0) is 61.6 Å². The van der Waals surface area contributed by atoms with Gasteiger partial charge < -0.3 is 14.3 Å². The van der Waals surface area contributed by atoms with Gasteiger partial charge in [-0.1, -0.05) is 6.07 Å². The summed E-state index contributed by atoms with van der Waals surface area (Å²) in [6.07, 6.45) is 7.17. The quantitative estimate of drug-likeness (QED) is 0.755. The molecule has 1 aliphatic carbocycles. The summed E-state index contributed by atoms with van der Waals surface area (Å²) >= 11 is 0. The summed E-state index contributed by atoms with van der Waals surface area (Å²) in [7, 11) is 0. The van der Waals surface area contributed by atoms with E-state index in [2.05, 4.69) is 9.97 Å². The van der Waals surface area contributed by atoms with Crippen molar-refractivity contribution in [2.24, 2.45) is 0 Å². The lowest BCUT2D eigenvalue weighted by molar-refractivity contribution is 0.0713. The lowest BCUT2D eigenvalue weighted by atomic mass is 9.95. The Kier molecular flexibility index (Phi) is 4.87. The van der Waals surface area contributed by atoms with Gasteiger partial charge in [0.2, 0.25) is 0 Å². The Hall–Kier alpha value is -3.15. The van der Waals surface area contributed by atoms with Crippen LogP contribution < -0.4 is 5.56 Å². The number of nitrogens with one attached hydrogen (secondary N) is 1. The van der Waals surface area contributed by atoms with Crippen molar-refractivity contribution in [2.45, 2.75) is 38.8 Å². The topological polar surface area (TPSA) is 79.2 Å².